The molecule has 0 amide bonds. The Bertz CT molecular complexity index is 1420. The SMILES string of the molecule is C[S+]([O-])c1cnc(-n2ccc3cc(N(CC(=O)O)S(=O)(=O)C4C=C(Cl)C=C(Cl)C4)ccc32)cn1. The fraction of sp³-hybridized carbons (Fsp3) is 0.190. The van der Waals surface area contributed by atoms with Gasteiger partial charge in [-0.05, 0) is 36.4 Å². The lowest BCUT2D eigenvalue weighted by atomic mass is 10.2. The number of aliphatic carboxylic acids is 1. The van der Waals surface area contributed by atoms with E-state index >= 15 is 0 Å². The molecule has 2 unspecified atom stereocenters. The van der Waals surface area contributed by atoms with E-state index in [1.807, 2.05) is 0 Å². The minimum absolute atomic E-state index is 0.00787. The lowest BCUT2D eigenvalue weighted by Gasteiger charge is -2.28. The molecule has 1 N–H and O–H groups in total. The molecule has 9 nitrogen and oxygen atoms in total. The molecule has 178 valence electrons. The molecule has 0 fully saturated rings. The van der Waals surface area contributed by atoms with Crippen LogP contribution >= 0.6 is 23.2 Å². The van der Waals surface area contributed by atoms with Crippen LogP contribution in [0, 0.1) is 0 Å². The Morgan fingerprint density at radius 3 is 2.68 bits per heavy atom. The van der Waals surface area contributed by atoms with Gasteiger partial charge in [-0.1, -0.05) is 23.2 Å². The molecular formula is C21H18Cl2N4O5S2. The van der Waals surface area contributed by atoms with Crippen LogP contribution in [0.5, 0.6) is 0 Å². The molecule has 2 aromatic heterocycles. The molecule has 13 heteroatoms. The molecule has 1 aromatic carbocycles. The molecule has 0 saturated heterocycles. The van der Waals surface area contributed by atoms with E-state index < -0.39 is 39.0 Å². The second-order valence-electron chi connectivity index (χ2n) is 7.43. The largest absolute Gasteiger partial charge is 0.610 e. The van der Waals surface area contributed by atoms with E-state index in [1.165, 1.54) is 36.9 Å². The molecule has 2 heterocycles. The van der Waals surface area contributed by atoms with Gasteiger partial charge in [0.25, 0.3) is 5.03 Å². The molecule has 2 atom stereocenters. The van der Waals surface area contributed by atoms with E-state index in [0.29, 0.717) is 21.7 Å². The summed E-state index contributed by atoms with van der Waals surface area (Å²) in [6.07, 6.45) is 8.94. The quantitative estimate of drug-likeness (QED) is 0.454. The topological polar surface area (TPSA) is 128 Å². The standard InChI is InChI=1S/C21H18Cl2N4O5S2/c1-33(30)20-11-24-19(10-25-20)26-5-4-13-6-16(2-3-18(13)26)27(12-21(28)29)34(31,32)17-8-14(22)7-15(23)9-17/h2-8,10-11,17H,9,12H2,1H3,(H,28,29). The lowest BCUT2D eigenvalue weighted by Crippen LogP contribution is -2.41. The van der Waals surface area contributed by atoms with Crippen molar-refractivity contribution in [1.82, 2.24) is 14.5 Å². The van der Waals surface area contributed by atoms with Crippen LogP contribution in [-0.2, 0) is 26.0 Å². The molecule has 0 saturated carbocycles. The van der Waals surface area contributed by atoms with Gasteiger partial charge in [-0.3, -0.25) is 13.7 Å². The summed E-state index contributed by atoms with van der Waals surface area (Å²) in [4.78, 5) is 20.0. The number of rotatable bonds is 7. The first-order valence-corrected chi connectivity index (χ1v) is 13.6. The van der Waals surface area contributed by atoms with E-state index in [1.54, 1.807) is 29.0 Å². The summed E-state index contributed by atoms with van der Waals surface area (Å²) < 4.78 is 40.9. The fourth-order valence-corrected chi connectivity index (χ4v) is 6.48. The molecule has 0 radical (unpaired) electrons. The van der Waals surface area contributed by atoms with Crippen molar-refractivity contribution in [2.24, 2.45) is 0 Å². The number of aromatic nitrogens is 3. The van der Waals surface area contributed by atoms with Crippen molar-refractivity contribution >= 4 is 67.0 Å². The molecule has 3 aromatic rings. The molecular weight excluding hydrogens is 523 g/mol. The number of carboxylic acids is 1. The maximum Gasteiger partial charge on any atom is 0.324 e. The first kappa shape index (κ1) is 24.6. The number of allylic oxidation sites excluding steroid dienone is 3. The van der Waals surface area contributed by atoms with E-state index in [-0.39, 0.29) is 22.2 Å². The molecule has 0 spiro atoms. The van der Waals surface area contributed by atoms with Crippen LogP contribution in [0.15, 0.2) is 70.1 Å². The monoisotopic (exact) mass is 540 g/mol. The van der Waals surface area contributed by atoms with E-state index in [9.17, 15) is 22.9 Å². The average molecular weight is 541 g/mol. The summed E-state index contributed by atoms with van der Waals surface area (Å²) in [5.41, 5.74) is 0.883. The number of hydrogen-bond donors (Lipinski definition) is 1. The van der Waals surface area contributed by atoms with Gasteiger partial charge in [0.05, 0.1) is 17.4 Å². The summed E-state index contributed by atoms with van der Waals surface area (Å²) in [6, 6.07) is 6.52. The second-order valence-corrected chi connectivity index (χ2v) is 11.8. The van der Waals surface area contributed by atoms with Crippen LogP contribution < -0.4 is 4.31 Å². The number of hydrogen-bond acceptors (Lipinski definition) is 6. The van der Waals surface area contributed by atoms with E-state index in [2.05, 4.69) is 9.97 Å². The minimum Gasteiger partial charge on any atom is -0.610 e. The van der Waals surface area contributed by atoms with Crippen molar-refractivity contribution < 1.29 is 22.9 Å². The first-order valence-electron chi connectivity index (χ1n) is 9.80. The molecule has 1 aliphatic carbocycles. The third-order valence-electron chi connectivity index (χ3n) is 5.12. The number of halogens is 2. The average Bonchev–Trinajstić information content (AvgIpc) is 3.20. The number of nitrogens with zero attached hydrogens (tertiary/aromatic N) is 4. The van der Waals surface area contributed by atoms with Gasteiger partial charge in [0.2, 0.25) is 10.0 Å². The van der Waals surface area contributed by atoms with Gasteiger partial charge < -0.3 is 9.66 Å². The summed E-state index contributed by atoms with van der Waals surface area (Å²) >= 11 is 10.8. The number of carboxylic acid groups (broad SMARTS) is 1. The van der Waals surface area contributed by atoms with Gasteiger partial charge in [-0.2, -0.15) is 0 Å². The van der Waals surface area contributed by atoms with Crippen LogP contribution in [-0.4, -0.2) is 56.6 Å². The maximum atomic E-state index is 13.4. The van der Waals surface area contributed by atoms with Crippen LogP contribution in [0.1, 0.15) is 6.42 Å². The third kappa shape index (κ3) is 4.93. The van der Waals surface area contributed by atoms with Gasteiger partial charge in [0, 0.05) is 39.2 Å². The highest BCUT2D eigenvalue weighted by molar-refractivity contribution is 7.93. The molecule has 0 bridgehead atoms. The highest BCUT2D eigenvalue weighted by Gasteiger charge is 2.34. The van der Waals surface area contributed by atoms with Gasteiger partial charge >= 0.3 is 5.97 Å². The summed E-state index contributed by atoms with van der Waals surface area (Å²) in [5.74, 6) is -0.826. The van der Waals surface area contributed by atoms with Crippen LogP contribution in [0.2, 0.25) is 0 Å². The normalized spacial score (nSPS) is 17.2. The zero-order chi connectivity index (χ0) is 24.6. The minimum atomic E-state index is -4.16. The Kier molecular flexibility index (Phi) is 6.92. The highest BCUT2D eigenvalue weighted by atomic mass is 35.5. The van der Waals surface area contributed by atoms with Crippen molar-refractivity contribution in [3.05, 3.63) is 65.1 Å². The Hall–Kier alpha value is -2.57. The van der Waals surface area contributed by atoms with Gasteiger partial charge in [0.1, 0.15) is 24.2 Å². The zero-order valence-corrected chi connectivity index (χ0v) is 20.8. The molecule has 0 aliphatic heterocycles. The van der Waals surface area contributed by atoms with E-state index in [4.69, 9.17) is 23.2 Å². The van der Waals surface area contributed by atoms with Crippen LogP contribution in [0.4, 0.5) is 5.69 Å². The molecule has 4 rings (SSSR count). The fourth-order valence-electron chi connectivity index (χ4n) is 3.56. The maximum absolute atomic E-state index is 13.4. The second kappa shape index (κ2) is 9.59. The highest BCUT2D eigenvalue weighted by Crippen LogP contribution is 2.32. The number of carbonyl (C=O) groups is 1. The Balaban J connectivity index is 1.73. The Labute approximate surface area is 208 Å². The first-order chi connectivity index (χ1) is 16.1. The Morgan fingerprint density at radius 1 is 1.29 bits per heavy atom. The third-order valence-corrected chi connectivity index (χ3v) is 8.44. The number of anilines is 1. The smallest absolute Gasteiger partial charge is 0.324 e. The lowest BCUT2D eigenvalue weighted by molar-refractivity contribution is -0.135. The Morgan fingerprint density at radius 2 is 2.06 bits per heavy atom. The van der Waals surface area contributed by atoms with E-state index in [0.717, 1.165) is 4.31 Å². The molecule has 1 aliphatic rings. The number of fused-ring (bicyclic) bond motifs is 1. The number of benzene rings is 1. The number of sulfonamides is 1. The van der Waals surface area contributed by atoms with Gasteiger partial charge in [-0.25, -0.2) is 18.4 Å². The van der Waals surface area contributed by atoms with Gasteiger partial charge in [0.15, 0.2) is 5.82 Å². The predicted molar refractivity (Wildman–Crippen MR) is 131 cm³/mol. The predicted octanol–water partition coefficient (Wildman–Crippen LogP) is 3.40. The van der Waals surface area contributed by atoms with Crippen molar-refractivity contribution in [3.63, 3.8) is 0 Å². The van der Waals surface area contributed by atoms with Crippen molar-refractivity contribution in [1.29, 1.82) is 0 Å². The van der Waals surface area contributed by atoms with Crippen molar-refractivity contribution in [3.8, 4) is 5.82 Å². The summed E-state index contributed by atoms with van der Waals surface area (Å²) in [7, 11) is -4.16. The summed E-state index contributed by atoms with van der Waals surface area (Å²) in [6.45, 7) is -0.765. The van der Waals surface area contributed by atoms with Crippen molar-refractivity contribution in [2.45, 2.75) is 16.7 Å². The zero-order valence-electron chi connectivity index (χ0n) is 17.6. The van der Waals surface area contributed by atoms with Gasteiger partial charge in [-0.15, -0.1) is 0 Å². The van der Waals surface area contributed by atoms with Crippen LogP contribution in [0.3, 0.4) is 0 Å². The summed E-state index contributed by atoms with van der Waals surface area (Å²) in [5, 5.41) is 9.76. The van der Waals surface area contributed by atoms with Crippen molar-refractivity contribution in [2.75, 3.05) is 17.1 Å². The molecule has 34 heavy (non-hydrogen) atoms. The van der Waals surface area contributed by atoms with Crippen LogP contribution in [0.25, 0.3) is 16.7 Å².